The molecule has 5 nitrogen and oxygen atoms in total. The summed E-state index contributed by atoms with van der Waals surface area (Å²) in [5.41, 5.74) is 0.661. The van der Waals surface area contributed by atoms with Crippen molar-refractivity contribution >= 4 is 17.2 Å². The van der Waals surface area contributed by atoms with Crippen molar-refractivity contribution in [1.82, 2.24) is 10.2 Å². The normalized spacial score (nSPS) is 10.2. The number of rotatable bonds is 7. The summed E-state index contributed by atoms with van der Waals surface area (Å²) in [6.07, 6.45) is 0. The highest BCUT2D eigenvalue weighted by Crippen LogP contribution is 2.15. The van der Waals surface area contributed by atoms with E-state index in [2.05, 4.69) is 22.1 Å². The number of aliphatic hydroxyl groups excluding tert-OH is 1. The van der Waals surface area contributed by atoms with Crippen LogP contribution in [-0.4, -0.2) is 62.9 Å². The van der Waals surface area contributed by atoms with Gasteiger partial charge in [-0.05, 0) is 18.5 Å². The van der Waals surface area contributed by atoms with E-state index in [4.69, 9.17) is 9.84 Å². The highest BCUT2D eigenvalue weighted by molar-refractivity contribution is 7.12. The molecule has 0 aliphatic heterocycles. The number of amides is 1. The molecule has 1 aromatic heterocycles. The number of thiophene rings is 1. The van der Waals surface area contributed by atoms with Gasteiger partial charge in [0.15, 0.2) is 0 Å². The monoisotopic (exact) mass is 296 g/mol. The average molecular weight is 296 g/mol. The van der Waals surface area contributed by atoms with Crippen molar-refractivity contribution in [3.8, 4) is 11.8 Å². The topological polar surface area (TPSA) is 61.8 Å². The summed E-state index contributed by atoms with van der Waals surface area (Å²) in [6, 6.07) is 1.78. The molecule has 110 valence electrons. The largest absolute Gasteiger partial charge is 0.384 e. The maximum absolute atomic E-state index is 12.0. The lowest BCUT2D eigenvalue weighted by Crippen LogP contribution is -2.34. The van der Waals surface area contributed by atoms with Crippen LogP contribution in [0.5, 0.6) is 0 Å². The van der Waals surface area contributed by atoms with Crippen LogP contribution in [0, 0.1) is 11.8 Å². The van der Waals surface area contributed by atoms with Crippen LogP contribution in [0.4, 0.5) is 0 Å². The standard InChI is InChI=1S/C14H20N2O3S/c1-16(8-10-19-2)7-6-15-14(18)13-12(4-3-9-17)5-11-20-13/h5,11,17H,6-10H2,1-2H3,(H,15,18). The van der Waals surface area contributed by atoms with Crippen molar-refractivity contribution < 1.29 is 14.6 Å². The molecule has 1 amide bonds. The highest BCUT2D eigenvalue weighted by Gasteiger charge is 2.11. The van der Waals surface area contributed by atoms with Gasteiger partial charge in [0.05, 0.1) is 6.61 Å². The van der Waals surface area contributed by atoms with Crippen molar-refractivity contribution in [1.29, 1.82) is 0 Å². The molecule has 0 bridgehead atoms. The van der Waals surface area contributed by atoms with Crippen molar-refractivity contribution in [2.45, 2.75) is 0 Å². The van der Waals surface area contributed by atoms with Gasteiger partial charge in [0.2, 0.25) is 0 Å². The van der Waals surface area contributed by atoms with E-state index < -0.39 is 0 Å². The van der Waals surface area contributed by atoms with Crippen LogP contribution in [0.15, 0.2) is 11.4 Å². The van der Waals surface area contributed by atoms with Crippen LogP contribution >= 0.6 is 11.3 Å². The number of carbonyl (C=O) groups is 1. The molecule has 2 N–H and O–H groups in total. The summed E-state index contributed by atoms with van der Waals surface area (Å²) in [6.45, 7) is 2.64. The predicted molar refractivity (Wildman–Crippen MR) is 80.0 cm³/mol. The Bertz CT molecular complexity index is 476. The van der Waals surface area contributed by atoms with Crippen LogP contribution in [0.25, 0.3) is 0 Å². The van der Waals surface area contributed by atoms with Crippen LogP contribution in [0.1, 0.15) is 15.2 Å². The van der Waals surface area contributed by atoms with Crippen LogP contribution in [0.3, 0.4) is 0 Å². The lowest BCUT2D eigenvalue weighted by Gasteiger charge is -2.15. The van der Waals surface area contributed by atoms with Crippen molar-refractivity contribution in [3.05, 3.63) is 21.9 Å². The molecule has 0 saturated carbocycles. The molecule has 0 radical (unpaired) electrons. The quantitative estimate of drug-likeness (QED) is 0.715. The van der Waals surface area contributed by atoms with Gasteiger partial charge in [-0.25, -0.2) is 0 Å². The van der Waals surface area contributed by atoms with E-state index in [1.807, 2.05) is 12.4 Å². The number of hydrogen-bond donors (Lipinski definition) is 2. The average Bonchev–Trinajstić information content (AvgIpc) is 2.91. The maximum Gasteiger partial charge on any atom is 0.262 e. The van der Waals surface area contributed by atoms with Gasteiger partial charge in [-0.2, -0.15) is 0 Å². The van der Waals surface area contributed by atoms with Gasteiger partial charge in [-0.3, -0.25) is 4.79 Å². The highest BCUT2D eigenvalue weighted by atomic mass is 32.1. The molecule has 1 aromatic rings. The first kappa shape index (κ1) is 16.7. The molecule has 1 heterocycles. The molecule has 0 aromatic carbocycles. The summed E-state index contributed by atoms with van der Waals surface area (Å²) in [7, 11) is 3.65. The van der Waals surface area contributed by atoms with E-state index in [1.165, 1.54) is 11.3 Å². The summed E-state index contributed by atoms with van der Waals surface area (Å²) in [5, 5.41) is 13.4. The SMILES string of the molecule is COCCN(C)CCNC(=O)c1sccc1C#CCO. The van der Waals surface area contributed by atoms with E-state index in [0.717, 1.165) is 13.1 Å². The second kappa shape index (κ2) is 9.50. The number of hydrogen-bond acceptors (Lipinski definition) is 5. The Morgan fingerprint density at radius 3 is 3.05 bits per heavy atom. The number of carbonyl (C=O) groups excluding carboxylic acids is 1. The maximum atomic E-state index is 12.0. The molecule has 0 spiro atoms. The smallest absolute Gasteiger partial charge is 0.262 e. The van der Waals surface area contributed by atoms with Gasteiger partial charge in [0.1, 0.15) is 11.5 Å². The fourth-order valence-electron chi connectivity index (χ4n) is 1.52. The fourth-order valence-corrected chi connectivity index (χ4v) is 2.28. The number of likely N-dealkylation sites (N-methyl/N-ethyl adjacent to an activating group) is 1. The van der Waals surface area contributed by atoms with Gasteiger partial charge in [0.25, 0.3) is 5.91 Å². The van der Waals surface area contributed by atoms with E-state index in [-0.39, 0.29) is 12.5 Å². The molecule has 0 saturated heterocycles. The molecule has 1 rings (SSSR count). The number of methoxy groups -OCH3 is 1. The summed E-state index contributed by atoms with van der Waals surface area (Å²) in [5.74, 6) is 5.20. The first-order valence-electron chi connectivity index (χ1n) is 6.32. The molecule has 0 fully saturated rings. The Labute approximate surface area is 123 Å². The molecule has 0 atom stereocenters. The second-order valence-corrected chi connectivity index (χ2v) is 5.09. The molecular formula is C14H20N2O3S. The van der Waals surface area contributed by atoms with E-state index in [9.17, 15) is 4.79 Å². The molecule has 0 aliphatic rings. The van der Waals surface area contributed by atoms with Gasteiger partial charge in [-0.1, -0.05) is 11.8 Å². The molecule has 20 heavy (non-hydrogen) atoms. The van der Waals surface area contributed by atoms with Crippen LogP contribution < -0.4 is 5.32 Å². The third-order valence-corrected chi connectivity index (χ3v) is 3.54. The Balaban J connectivity index is 2.41. The summed E-state index contributed by atoms with van der Waals surface area (Å²) < 4.78 is 4.99. The molecule has 0 aliphatic carbocycles. The third-order valence-electron chi connectivity index (χ3n) is 2.63. The van der Waals surface area contributed by atoms with E-state index >= 15 is 0 Å². The minimum Gasteiger partial charge on any atom is -0.384 e. The van der Waals surface area contributed by atoms with Gasteiger partial charge >= 0.3 is 0 Å². The molecular weight excluding hydrogens is 276 g/mol. The second-order valence-electron chi connectivity index (χ2n) is 4.18. The van der Waals surface area contributed by atoms with E-state index in [1.54, 1.807) is 13.2 Å². The van der Waals surface area contributed by atoms with Crippen LogP contribution in [-0.2, 0) is 4.74 Å². The molecule has 6 heteroatoms. The van der Waals surface area contributed by atoms with Crippen molar-refractivity contribution in [3.63, 3.8) is 0 Å². The minimum atomic E-state index is -0.207. The fraction of sp³-hybridized carbons (Fsp3) is 0.500. The lowest BCUT2D eigenvalue weighted by molar-refractivity contribution is 0.0951. The first-order valence-corrected chi connectivity index (χ1v) is 7.20. The Kier molecular flexibility index (Phi) is 7.92. The van der Waals surface area contributed by atoms with E-state index in [0.29, 0.717) is 23.6 Å². The Hall–Kier alpha value is -1.39. The Morgan fingerprint density at radius 2 is 2.35 bits per heavy atom. The van der Waals surface area contributed by atoms with Crippen LogP contribution in [0.2, 0.25) is 0 Å². The predicted octanol–water partition coefficient (Wildman–Crippen LogP) is 0.400. The summed E-state index contributed by atoms with van der Waals surface area (Å²) >= 11 is 1.35. The number of nitrogens with one attached hydrogen (secondary N) is 1. The minimum absolute atomic E-state index is 0.123. The van der Waals surface area contributed by atoms with Crippen molar-refractivity contribution in [2.24, 2.45) is 0 Å². The first-order chi connectivity index (χ1) is 9.69. The number of aliphatic hydroxyl groups is 1. The summed E-state index contributed by atoms with van der Waals surface area (Å²) in [4.78, 5) is 14.7. The van der Waals surface area contributed by atoms with Gasteiger partial charge in [0, 0.05) is 32.3 Å². The number of nitrogens with zero attached hydrogens (tertiary/aromatic N) is 1. The zero-order valence-corrected chi connectivity index (χ0v) is 12.6. The van der Waals surface area contributed by atoms with Crippen molar-refractivity contribution in [2.75, 3.05) is 47.0 Å². The zero-order valence-electron chi connectivity index (χ0n) is 11.8. The molecule has 0 unspecified atom stereocenters. The lowest BCUT2D eigenvalue weighted by atomic mass is 10.2. The Morgan fingerprint density at radius 1 is 1.55 bits per heavy atom. The van der Waals surface area contributed by atoms with Gasteiger partial charge in [-0.15, -0.1) is 11.3 Å². The zero-order chi connectivity index (χ0) is 14.8. The van der Waals surface area contributed by atoms with Gasteiger partial charge < -0.3 is 20.1 Å². The third kappa shape index (κ3) is 5.72. The number of ether oxygens (including phenoxy) is 1.